The van der Waals surface area contributed by atoms with Crippen LogP contribution in [0.1, 0.15) is 18.2 Å². The van der Waals surface area contributed by atoms with E-state index >= 15 is 0 Å². The molecule has 1 N–H and O–H groups in total. The molecule has 18 heteroatoms. The number of alkyl halides is 3. The Kier molecular flexibility index (Phi) is 8.79. The first-order chi connectivity index (χ1) is 20.2. The molecule has 0 saturated carbocycles. The van der Waals surface area contributed by atoms with Gasteiger partial charge in [0.1, 0.15) is 0 Å². The van der Waals surface area contributed by atoms with E-state index in [1.54, 1.807) is 24.3 Å². The van der Waals surface area contributed by atoms with E-state index in [-0.39, 0.29) is 34.3 Å². The Morgan fingerprint density at radius 2 is 1.77 bits per heavy atom. The zero-order valence-corrected chi connectivity index (χ0v) is 23.6. The van der Waals surface area contributed by atoms with Crippen LogP contribution in [0.5, 0.6) is 0 Å². The summed E-state index contributed by atoms with van der Waals surface area (Å²) in [7, 11) is -3.29. The highest BCUT2D eigenvalue weighted by molar-refractivity contribution is 7.90. The van der Waals surface area contributed by atoms with Crippen molar-refractivity contribution in [1.29, 1.82) is 0 Å². The largest absolute Gasteiger partial charge is 0.569 e. The number of hydrazine groups is 1. The quantitative estimate of drug-likeness (QED) is 0.122. The SMILES string of the molecule is COC(=O)OC(C)O/N=[N+](/[O-])N1CC(C(=O)NS(=O)(=O)c2ccc(-n3nc(C(F)(F)F)cc3-c3ccc(C)cc3)cc2)C1. The second kappa shape index (κ2) is 12.2. The van der Waals surface area contributed by atoms with Crippen molar-refractivity contribution in [2.45, 2.75) is 31.2 Å². The Labute approximate surface area is 242 Å². The van der Waals surface area contributed by atoms with Crippen LogP contribution in [-0.4, -0.2) is 66.7 Å². The molecular weight excluding hydrogens is 601 g/mol. The number of hydrogen-bond acceptors (Lipinski definition) is 10. The first-order valence-electron chi connectivity index (χ1n) is 12.4. The lowest BCUT2D eigenvalue weighted by atomic mass is 10.0. The third-order valence-electron chi connectivity index (χ3n) is 6.14. The summed E-state index contributed by atoms with van der Waals surface area (Å²) in [4.78, 5) is 27.9. The average Bonchev–Trinajstić information content (AvgIpc) is 3.37. The Morgan fingerprint density at radius 3 is 2.35 bits per heavy atom. The average molecular weight is 627 g/mol. The molecule has 230 valence electrons. The van der Waals surface area contributed by atoms with Crippen LogP contribution in [0.15, 0.2) is 64.8 Å². The molecule has 14 nitrogen and oxygen atoms in total. The number of carbonyl (C=O) groups excluding carboxylic acids is 2. The summed E-state index contributed by atoms with van der Waals surface area (Å²) in [6, 6.07) is 12.4. The Bertz CT molecular complexity index is 1620. The van der Waals surface area contributed by atoms with Crippen molar-refractivity contribution in [3.8, 4) is 16.9 Å². The van der Waals surface area contributed by atoms with E-state index in [1.807, 2.05) is 11.6 Å². The van der Waals surface area contributed by atoms with Crippen LogP contribution in [0.25, 0.3) is 16.9 Å². The van der Waals surface area contributed by atoms with Gasteiger partial charge in [0.05, 0.1) is 47.4 Å². The molecule has 2 aromatic carbocycles. The molecule has 43 heavy (non-hydrogen) atoms. The summed E-state index contributed by atoms with van der Waals surface area (Å²) in [6.07, 6.45) is -7.01. The maximum absolute atomic E-state index is 13.5. The van der Waals surface area contributed by atoms with Gasteiger partial charge in [-0.05, 0) is 37.3 Å². The summed E-state index contributed by atoms with van der Waals surface area (Å²) in [6.45, 7) is 2.73. The van der Waals surface area contributed by atoms with Gasteiger partial charge in [-0.1, -0.05) is 29.8 Å². The molecule has 1 fully saturated rings. The first kappa shape index (κ1) is 31.1. The number of amides is 1. The summed E-state index contributed by atoms with van der Waals surface area (Å²) >= 11 is 0. The highest BCUT2D eigenvalue weighted by Crippen LogP contribution is 2.33. The molecule has 2 heterocycles. The van der Waals surface area contributed by atoms with Gasteiger partial charge in [0.2, 0.25) is 11.2 Å². The van der Waals surface area contributed by atoms with Crippen molar-refractivity contribution in [3.05, 3.63) is 71.1 Å². The molecule has 0 radical (unpaired) electrons. The summed E-state index contributed by atoms with van der Waals surface area (Å²) in [5, 5.41) is 19.8. The molecule has 1 aliphatic rings. The monoisotopic (exact) mass is 626 g/mol. The lowest BCUT2D eigenvalue weighted by Gasteiger charge is -2.32. The van der Waals surface area contributed by atoms with Crippen LogP contribution in [-0.2, 0) is 35.3 Å². The Morgan fingerprint density at radius 1 is 1.14 bits per heavy atom. The van der Waals surface area contributed by atoms with Crippen LogP contribution in [0, 0.1) is 18.0 Å². The first-order valence-corrected chi connectivity index (χ1v) is 13.9. The molecule has 3 aromatic rings. The number of methoxy groups -OCH3 is 1. The number of aromatic nitrogens is 2. The Balaban J connectivity index is 1.42. The van der Waals surface area contributed by atoms with E-state index in [4.69, 9.17) is 0 Å². The van der Waals surface area contributed by atoms with E-state index in [0.29, 0.717) is 5.56 Å². The highest BCUT2D eigenvalue weighted by atomic mass is 32.2. The van der Waals surface area contributed by atoms with E-state index in [0.717, 1.165) is 40.6 Å². The fourth-order valence-corrected chi connectivity index (χ4v) is 4.86. The van der Waals surface area contributed by atoms with Gasteiger partial charge in [-0.25, -0.2) is 22.6 Å². The maximum atomic E-state index is 13.5. The number of halogens is 3. The van der Waals surface area contributed by atoms with E-state index in [2.05, 4.69) is 24.7 Å². The Hall–Kier alpha value is -4.87. The lowest BCUT2D eigenvalue weighted by molar-refractivity contribution is -0.727. The molecule has 0 bridgehead atoms. The standard InChI is InChI=1S/C25H25F3N6O8S/c1-15-4-6-17(7-5-15)21-12-22(25(26,27)28)29-33(21)19-8-10-20(11-9-19)43(38,39)30-23(35)18-13-32(14-18)34(37)31-42-16(2)41-24(36)40-3/h4-12,16,18H,13-14H2,1-3H3,(H,30,35)/b34-31+. The topological polar surface area (TPSA) is 167 Å². The van der Waals surface area contributed by atoms with Crippen molar-refractivity contribution in [1.82, 2.24) is 19.5 Å². The molecule has 1 amide bonds. The van der Waals surface area contributed by atoms with Crippen molar-refractivity contribution >= 4 is 22.1 Å². The molecule has 1 aromatic heterocycles. The van der Waals surface area contributed by atoms with Crippen LogP contribution in [0.3, 0.4) is 0 Å². The lowest BCUT2D eigenvalue weighted by Crippen LogP contribution is -2.56. The highest BCUT2D eigenvalue weighted by Gasteiger charge is 2.40. The predicted molar refractivity (Wildman–Crippen MR) is 139 cm³/mol. The maximum Gasteiger partial charge on any atom is 0.511 e. The normalized spacial score (nSPS) is 14.9. The van der Waals surface area contributed by atoms with Crippen molar-refractivity contribution in [2.75, 3.05) is 20.2 Å². The molecule has 1 aliphatic heterocycles. The van der Waals surface area contributed by atoms with Gasteiger partial charge in [-0.15, -0.1) is 5.01 Å². The number of benzene rings is 2. The van der Waals surface area contributed by atoms with E-state index in [1.165, 1.54) is 19.1 Å². The minimum Gasteiger partial charge on any atom is -0.569 e. The number of carbonyl (C=O) groups is 2. The van der Waals surface area contributed by atoms with Crippen LogP contribution in [0.4, 0.5) is 18.0 Å². The fourth-order valence-electron chi connectivity index (χ4n) is 3.81. The van der Waals surface area contributed by atoms with Crippen LogP contribution in [0.2, 0.25) is 0 Å². The number of aryl methyl sites for hydroxylation is 1. The van der Waals surface area contributed by atoms with E-state index < -0.39 is 46.2 Å². The molecule has 0 aliphatic carbocycles. The van der Waals surface area contributed by atoms with Crippen molar-refractivity contribution in [2.24, 2.45) is 11.2 Å². The minimum atomic E-state index is -4.71. The predicted octanol–water partition coefficient (Wildman–Crippen LogP) is 3.54. The molecule has 0 spiro atoms. The molecule has 1 saturated heterocycles. The van der Waals surface area contributed by atoms with E-state index in [9.17, 15) is 36.4 Å². The van der Waals surface area contributed by atoms with Crippen molar-refractivity contribution in [3.63, 3.8) is 0 Å². The second-order valence-electron chi connectivity index (χ2n) is 9.30. The van der Waals surface area contributed by atoms with Gasteiger partial charge < -0.3 is 14.7 Å². The zero-order chi connectivity index (χ0) is 31.5. The number of rotatable bonds is 9. The number of hydrogen-bond donors (Lipinski definition) is 1. The molecule has 1 unspecified atom stereocenters. The van der Waals surface area contributed by atoms with Crippen LogP contribution >= 0.6 is 0 Å². The molecule has 4 rings (SSSR count). The van der Waals surface area contributed by atoms with Gasteiger partial charge >= 0.3 is 12.3 Å². The van der Waals surface area contributed by atoms with Gasteiger partial charge in [0.25, 0.3) is 16.3 Å². The summed E-state index contributed by atoms with van der Waals surface area (Å²) in [5.41, 5.74) is 0.539. The molecule has 1 atom stereocenters. The van der Waals surface area contributed by atoms with Gasteiger partial charge in [-0.3, -0.25) is 9.63 Å². The summed E-state index contributed by atoms with van der Waals surface area (Å²) in [5.74, 6) is -1.77. The second-order valence-corrected chi connectivity index (χ2v) is 11.0. The smallest absolute Gasteiger partial charge is 0.511 e. The number of ether oxygens (including phenoxy) is 2. The third-order valence-corrected chi connectivity index (χ3v) is 7.51. The number of nitrogens with zero attached hydrogens (tertiary/aromatic N) is 5. The van der Waals surface area contributed by atoms with Gasteiger partial charge in [0.15, 0.2) is 5.69 Å². The number of nitrogens with one attached hydrogen (secondary N) is 1. The third kappa shape index (κ3) is 7.32. The van der Waals surface area contributed by atoms with Crippen molar-refractivity contribution < 1.29 is 50.5 Å². The number of sulfonamides is 1. The molecular formula is C25H25F3N6O8S. The van der Waals surface area contributed by atoms with Gasteiger partial charge in [-0.2, -0.15) is 18.3 Å². The zero-order valence-electron chi connectivity index (χ0n) is 22.8. The summed E-state index contributed by atoms with van der Waals surface area (Å²) < 4.78 is 77.8. The minimum absolute atomic E-state index is 0.0124. The fraction of sp³-hybridized carbons (Fsp3) is 0.320. The van der Waals surface area contributed by atoms with Gasteiger partial charge in [0, 0.05) is 12.5 Å². The van der Waals surface area contributed by atoms with Crippen LogP contribution < -0.4 is 4.72 Å².